The third kappa shape index (κ3) is 11.7. The molecule has 0 bridgehead atoms. The summed E-state index contributed by atoms with van der Waals surface area (Å²) in [6, 6.07) is 148. The molecule has 109 heavy (non-hydrogen) atoms. The lowest BCUT2D eigenvalue weighted by molar-refractivity contribution is 0.620. The van der Waals surface area contributed by atoms with E-state index in [-0.39, 0.29) is 0 Å². The zero-order valence-corrected chi connectivity index (χ0v) is 59.4. The summed E-state index contributed by atoms with van der Waals surface area (Å²) >= 11 is 0. The first-order valence-electron chi connectivity index (χ1n) is 37.0. The Labute approximate surface area is 631 Å². The predicted octanol–water partition coefficient (Wildman–Crippen LogP) is 27.7. The first-order valence-corrected chi connectivity index (χ1v) is 37.0. The second-order valence-corrected chi connectivity index (χ2v) is 27.6. The Morgan fingerprint density at radius 1 is 0.229 bits per heavy atom. The summed E-state index contributed by atoms with van der Waals surface area (Å²) in [5.41, 5.74) is 29.9. The normalized spacial score (nSPS) is 11.5. The van der Waals surface area contributed by atoms with E-state index in [2.05, 4.69) is 407 Å². The Hall–Kier alpha value is -14.7. The minimum Gasteiger partial charge on any atom is -0.436 e. The molecule has 4 heterocycles. The second kappa shape index (κ2) is 27.4. The van der Waals surface area contributed by atoms with Crippen LogP contribution in [0.25, 0.3) is 156 Å². The minimum absolute atomic E-state index is 0.543. The molecule has 0 radical (unpaired) electrons. The van der Waals surface area contributed by atoms with Crippen LogP contribution in [-0.2, 0) is 0 Å². The molecule has 0 spiro atoms. The van der Waals surface area contributed by atoms with Crippen LogP contribution in [0, 0.1) is 0 Å². The van der Waals surface area contributed by atoms with E-state index in [0.29, 0.717) is 5.89 Å². The summed E-state index contributed by atoms with van der Waals surface area (Å²) in [5.74, 6) is 0.543. The Balaban J connectivity index is 0.709. The van der Waals surface area contributed by atoms with Crippen molar-refractivity contribution in [3.05, 3.63) is 413 Å². The first-order chi connectivity index (χ1) is 54.1. The number of oxazole rings is 1. The molecular formula is C102H68N6O. The minimum atomic E-state index is 0.543. The van der Waals surface area contributed by atoms with Crippen LogP contribution in [0.2, 0.25) is 0 Å². The average Bonchev–Trinajstić information content (AvgIpc) is 1.73. The van der Waals surface area contributed by atoms with E-state index in [1.807, 2.05) is 24.3 Å². The van der Waals surface area contributed by atoms with Gasteiger partial charge in [0.1, 0.15) is 5.52 Å². The molecule has 0 saturated carbocycles. The molecule has 7 heteroatoms. The van der Waals surface area contributed by atoms with Gasteiger partial charge in [-0.05, 0) is 208 Å². The summed E-state index contributed by atoms with van der Waals surface area (Å²) in [4.78, 5) is 15.7. The van der Waals surface area contributed by atoms with Crippen LogP contribution in [0.15, 0.2) is 417 Å². The van der Waals surface area contributed by atoms with E-state index in [0.717, 1.165) is 162 Å². The lowest BCUT2D eigenvalue weighted by Crippen LogP contribution is -2.09. The molecule has 4 aromatic heterocycles. The van der Waals surface area contributed by atoms with Crippen LogP contribution in [0.4, 0.5) is 34.1 Å². The van der Waals surface area contributed by atoms with Crippen LogP contribution in [0.1, 0.15) is 0 Å². The maximum Gasteiger partial charge on any atom is 0.227 e. The number of hydrogen-bond acceptors (Lipinski definition) is 5. The molecule has 20 rings (SSSR count). The molecule has 0 aliphatic rings. The molecule has 20 aromatic rings. The van der Waals surface area contributed by atoms with Gasteiger partial charge in [0.2, 0.25) is 5.89 Å². The SMILES string of the molecule is c1ccc(-c2ccccc2-c2nc(-c3ccc(-n4c5ccccc5c5cc(-c6ccc(N(c7ccccc7)c7ccccc7)cc6)ccc54)cc3)cc(-c3ccccc3-c3nc4ccccc4o3)c2-c2ccc(-n3c4ccccc4c4cc(-c5ccc(N(c6ccccc6)c6ccccc6)cc5)ccc43)cc2)cc1. The zero-order chi connectivity index (χ0) is 72.1. The number of rotatable bonds is 16. The van der Waals surface area contributed by atoms with Crippen LogP contribution < -0.4 is 9.80 Å². The Morgan fingerprint density at radius 3 is 1.10 bits per heavy atom. The van der Waals surface area contributed by atoms with Gasteiger partial charge in [0.15, 0.2) is 5.58 Å². The molecule has 0 aliphatic heterocycles. The van der Waals surface area contributed by atoms with Gasteiger partial charge in [0.05, 0.1) is 33.5 Å². The Kier molecular flexibility index (Phi) is 16.1. The maximum absolute atomic E-state index is 6.72. The number of fused-ring (bicyclic) bond motifs is 7. The highest BCUT2D eigenvalue weighted by atomic mass is 16.3. The fourth-order valence-corrected chi connectivity index (χ4v) is 16.1. The van der Waals surface area contributed by atoms with Crippen molar-refractivity contribution in [2.24, 2.45) is 0 Å². The fourth-order valence-electron chi connectivity index (χ4n) is 16.1. The van der Waals surface area contributed by atoms with Gasteiger partial charge in [-0.3, -0.25) is 0 Å². The monoisotopic (exact) mass is 1390 g/mol. The van der Waals surface area contributed by atoms with Gasteiger partial charge in [-0.15, -0.1) is 0 Å². The smallest absolute Gasteiger partial charge is 0.227 e. The molecular weight excluding hydrogens is 1330 g/mol. The molecule has 0 unspecified atom stereocenters. The van der Waals surface area contributed by atoms with Crippen molar-refractivity contribution in [2.45, 2.75) is 0 Å². The fraction of sp³-hybridized carbons (Fsp3) is 0. The van der Waals surface area contributed by atoms with Gasteiger partial charge in [-0.2, -0.15) is 0 Å². The number of pyridine rings is 1. The molecule has 0 fully saturated rings. The maximum atomic E-state index is 6.72. The number of aromatic nitrogens is 4. The highest BCUT2D eigenvalue weighted by Gasteiger charge is 2.26. The van der Waals surface area contributed by atoms with Crippen molar-refractivity contribution in [1.82, 2.24) is 19.1 Å². The van der Waals surface area contributed by atoms with Gasteiger partial charge in [0, 0.05) is 89.3 Å². The van der Waals surface area contributed by atoms with Crippen molar-refractivity contribution in [1.29, 1.82) is 0 Å². The Morgan fingerprint density at radius 2 is 0.606 bits per heavy atom. The van der Waals surface area contributed by atoms with E-state index < -0.39 is 0 Å². The van der Waals surface area contributed by atoms with E-state index in [9.17, 15) is 0 Å². The van der Waals surface area contributed by atoms with E-state index in [1.165, 1.54) is 21.5 Å². The molecule has 0 atom stereocenters. The van der Waals surface area contributed by atoms with Crippen molar-refractivity contribution < 1.29 is 4.42 Å². The zero-order valence-electron chi connectivity index (χ0n) is 59.4. The number of para-hydroxylation sites is 8. The molecule has 512 valence electrons. The van der Waals surface area contributed by atoms with Crippen molar-refractivity contribution in [3.8, 4) is 101 Å². The highest BCUT2D eigenvalue weighted by Crippen LogP contribution is 2.49. The van der Waals surface area contributed by atoms with Crippen molar-refractivity contribution >= 4 is 88.8 Å². The van der Waals surface area contributed by atoms with Gasteiger partial charge < -0.3 is 23.4 Å². The summed E-state index contributed by atoms with van der Waals surface area (Å²) < 4.78 is 11.5. The lowest BCUT2D eigenvalue weighted by atomic mass is 9.86. The number of nitrogens with zero attached hydrogens (tertiary/aromatic N) is 6. The summed E-state index contributed by atoms with van der Waals surface area (Å²) in [7, 11) is 0. The summed E-state index contributed by atoms with van der Waals surface area (Å²) in [6.07, 6.45) is 0. The average molecular weight is 1390 g/mol. The van der Waals surface area contributed by atoms with E-state index >= 15 is 0 Å². The van der Waals surface area contributed by atoms with Crippen molar-refractivity contribution in [2.75, 3.05) is 9.80 Å². The van der Waals surface area contributed by atoms with Crippen LogP contribution in [-0.4, -0.2) is 19.1 Å². The van der Waals surface area contributed by atoms with Crippen LogP contribution in [0.3, 0.4) is 0 Å². The number of benzene rings is 16. The molecule has 0 N–H and O–H groups in total. The number of hydrogen-bond donors (Lipinski definition) is 0. The van der Waals surface area contributed by atoms with Crippen LogP contribution >= 0.6 is 0 Å². The Bertz CT molecular complexity index is 6620. The predicted molar refractivity (Wildman–Crippen MR) is 453 cm³/mol. The van der Waals surface area contributed by atoms with Gasteiger partial charge in [-0.25, -0.2) is 9.97 Å². The molecule has 0 amide bonds. The third-order valence-corrected chi connectivity index (χ3v) is 21.2. The van der Waals surface area contributed by atoms with Gasteiger partial charge in [0.25, 0.3) is 0 Å². The third-order valence-electron chi connectivity index (χ3n) is 21.2. The van der Waals surface area contributed by atoms with Crippen molar-refractivity contribution in [3.63, 3.8) is 0 Å². The molecule has 16 aromatic carbocycles. The topological polar surface area (TPSA) is 55.3 Å². The largest absolute Gasteiger partial charge is 0.436 e. The highest BCUT2D eigenvalue weighted by molar-refractivity contribution is 6.12. The summed E-state index contributed by atoms with van der Waals surface area (Å²) in [5, 5.41) is 4.73. The lowest BCUT2D eigenvalue weighted by Gasteiger charge is -2.25. The van der Waals surface area contributed by atoms with Crippen LogP contribution in [0.5, 0.6) is 0 Å². The summed E-state index contributed by atoms with van der Waals surface area (Å²) in [6.45, 7) is 0. The van der Waals surface area contributed by atoms with E-state index in [1.54, 1.807) is 0 Å². The molecule has 7 nitrogen and oxygen atoms in total. The first kappa shape index (κ1) is 64.0. The van der Waals surface area contributed by atoms with Gasteiger partial charge in [-0.1, -0.05) is 255 Å². The van der Waals surface area contributed by atoms with E-state index in [4.69, 9.17) is 14.4 Å². The molecule has 0 aliphatic carbocycles. The standard InChI is InChI=1S/C102H68N6O/c1-6-26-71(27-7-1)84-36-16-18-40-88(84)101-100(73-52-62-83(63-53-73)108-96-44-24-21-39-87(96)91-67-75(55-65-98(91)108)70-48-58-81(59-49-70)106(78-32-12-4-13-33-78)79-34-14-5-15-35-79)92(85-37-17-19-41-89(85)102-104-93-42-22-25-45-99(93)109-102)68-94(103-101)72-50-60-82(61-51-72)107-95-43-23-20-38-86(95)90-66-74(54-64-97(90)107)69-46-56-80(57-47-69)105(76-28-8-2-9-29-76)77-30-10-3-11-31-77/h1-68H. The second-order valence-electron chi connectivity index (χ2n) is 27.6. The van der Waals surface area contributed by atoms with Gasteiger partial charge >= 0.3 is 0 Å². The number of anilines is 6. The molecule has 0 saturated heterocycles. The quantitative estimate of drug-likeness (QED) is 0.0965.